The number of hydrogen-bond acceptors (Lipinski definition) is 5. The Morgan fingerprint density at radius 3 is 2.57 bits per heavy atom. The maximum absolute atomic E-state index is 12.7. The summed E-state index contributed by atoms with van der Waals surface area (Å²) >= 11 is 0. The molecule has 0 spiro atoms. The summed E-state index contributed by atoms with van der Waals surface area (Å²) < 4.78 is 1.51. The number of aliphatic imine (C=N–C) groups is 2. The van der Waals surface area contributed by atoms with E-state index in [0.717, 1.165) is 42.6 Å². The Morgan fingerprint density at radius 2 is 1.96 bits per heavy atom. The number of rotatable bonds is 5. The van der Waals surface area contributed by atoms with Crippen LogP contribution in [0.25, 0.3) is 0 Å². The molecule has 1 atom stereocenters. The first-order chi connectivity index (χ1) is 13.4. The summed E-state index contributed by atoms with van der Waals surface area (Å²) in [5.74, 6) is 1.56. The molecule has 1 N–H and O–H groups in total. The summed E-state index contributed by atoms with van der Waals surface area (Å²) in [6, 6.07) is -0.102. The Labute approximate surface area is 162 Å². The zero-order chi connectivity index (χ0) is 20.0. The van der Waals surface area contributed by atoms with E-state index in [4.69, 9.17) is 4.99 Å². The van der Waals surface area contributed by atoms with Crippen LogP contribution in [0.5, 0.6) is 0 Å². The molecular formula is C20H24N6O2. The highest BCUT2D eigenvalue weighted by Gasteiger charge is 2.33. The van der Waals surface area contributed by atoms with Crippen molar-refractivity contribution in [3.8, 4) is 0 Å². The van der Waals surface area contributed by atoms with E-state index in [2.05, 4.69) is 26.7 Å². The predicted octanol–water partition coefficient (Wildman–Crippen LogP) is 2.57. The Balaban J connectivity index is 1.93. The molecule has 8 nitrogen and oxygen atoms in total. The van der Waals surface area contributed by atoms with Gasteiger partial charge in [0.15, 0.2) is 11.7 Å². The number of aromatic nitrogens is 4. The van der Waals surface area contributed by atoms with Gasteiger partial charge in [-0.1, -0.05) is 0 Å². The van der Waals surface area contributed by atoms with Gasteiger partial charge >= 0.3 is 11.1 Å². The molecule has 0 radical (unpaired) electrons. The fraction of sp³-hybridized carbons (Fsp3) is 0.500. The normalized spacial score (nSPS) is 18.2. The number of amidine groups is 1. The highest BCUT2D eigenvalue weighted by Crippen LogP contribution is 2.42. The zero-order valence-corrected chi connectivity index (χ0v) is 16.4. The van der Waals surface area contributed by atoms with Crippen molar-refractivity contribution < 1.29 is 0 Å². The van der Waals surface area contributed by atoms with Crippen LogP contribution in [0.4, 0.5) is 5.82 Å². The van der Waals surface area contributed by atoms with Crippen molar-refractivity contribution in [3.05, 3.63) is 49.7 Å². The van der Waals surface area contributed by atoms with Gasteiger partial charge in [-0.05, 0) is 59.1 Å². The van der Waals surface area contributed by atoms with Crippen molar-refractivity contribution in [2.24, 2.45) is 15.9 Å². The molecule has 0 aromatic carbocycles. The molecule has 2 saturated carbocycles. The van der Waals surface area contributed by atoms with E-state index in [9.17, 15) is 9.59 Å². The molecular weight excluding hydrogens is 356 g/mol. The molecule has 2 aliphatic carbocycles. The fourth-order valence-electron chi connectivity index (χ4n) is 3.68. The van der Waals surface area contributed by atoms with Gasteiger partial charge < -0.3 is 4.98 Å². The molecule has 2 aromatic rings. The third-order valence-electron chi connectivity index (χ3n) is 5.60. The average Bonchev–Trinajstić information content (AvgIpc) is 3.56. The van der Waals surface area contributed by atoms with E-state index >= 15 is 0 Å². The number of nitrogens with zero attached hydrogens (tertiary/aromatic N) is 5. The molecule has 146 valence electrons. The lowest BCUT2D eigenvalue weighted by atomic mass is 10.1. The van der Waals surface area contributed by atoms with Gasteiger partial charge in [0.25, 0.3) is 0 Å². The maximum Gasteiger partial charge on any atom is 0.318 e. The van der Waals surface area contributed by atoms with Crippen LogP contribution >= 0.6 is 0 Å². The van der Waals surface area contributed by atoms with Gasteiger partial charge in [0.1, 0.15) is 6.33 Å². The minimum atomic E-state index is -0.630. The largest absolute Gasteiger partial charge is 0.318 e. The van der Waals surface area contributed by atoms with Crippen LogP contribution in [0.1, 0.15) is 67.2 Å². The Bertz CT molecular complexity index is 1090. The summed E-state index contributed by atoms with van der Waals surface area (Å²) in [7, 11) is 0. The highest BCUT2D eigenvalue weighted by molar-refractivity contribution is 6.04. The SMILES string of the molecule is C=NC(=Nc1c(C)[nH]c(=O)c(=O)n1[C@@H](C)C1CC1)c1c(C)ncnc1C1CC1. The molecule has 0 aliphatic heterocycles. The first kappa shape index (κ1) is 18.5. The van der Waals surface area contributed by atoms with Gasteiger partial charge in [0, 0.05) is 12.0 Å². The van der Waals surface area contributed by atoms with E-state index in [0.29, 0.717) is 29.2 Å². The van der Waals surface area contributed by atoms with Crippen LogP contribution in [0.2, 0.25) is 0 Å². The third kappa shape index (κ3) is 3.23. The van der Waals surface area contributed by atoms with Crippen molar-refractivity contribution in [2.75, 3.05) is 0 Å². The smallest absolute Gasteiger partial charge is 0.318 e. The highest BCUT2D eigenvalue weighted by atomic mass is 16.2. The van der Waals surface area contributed by atoms with Gasteiger partial charge in [-0.25, -0.2) is 20.0 Å². The summed E-state index contributed by atoms with van der Waals surface area (Å²) in [5, 5.41) is 0. The van der Waals surface area contributed by atoms with Crippen LogP contribution in [-0.2, 0) is 0 Å². The lowest BCUT2D eigenvalue weighted by molar-refractivity contribution is 0.469. The summed E-state index contributed by atoms with van der Waals surface area (Å²) in [4.78, 5) is 45.0. The van der Waals surface area contributed by atoms with Gasteiger partial charge in [0.05, 0.1) is 22.6 Å². The summed E-state index contributed by atoms with van der Waals surface area (Å²) in [5.41, 5.74) is 1.77. The van der Waals surface area contributed by atoms with Gasteiger partial charge in [0.2, 0.25) is 0 Å². The lowest BCUT2D eigenvalue weighted by Gasteiger charge is -2.19. The second-order valence-electron chi connectivity index (χ2n) is 7.74. The molecule has 0 amide bonds. The molecule has 2 heterocycles. The van der Waals surface area contributed by atoms with Crippen LogP contribution < -0.4 is 11.1 Å². The summed E-state index contributed by atoms with van der Waals surface area (Å²) in [6.07, 6.45) is 5.81. The molecule has 0 bridgehead atoms. The molecule has 28 heavy (non-hydrogen) atoms. The Kier molecular flexibility index (Phi) is 4.56. The van der Waals surface area contributed by atoms with Crippen LogP contribution in [0.15, 0.2) is 25.9 Å². The topological polar surface area (TPSA) is 105 Å². The van der Waals surface area contributed by atoms with Crippen molar-refractivity contribution in [1.82, 2.24) is 19.5 Å². The second kappa shape index (κ2) is 6.92. The van der Waals surface area contributed by atoms with Gasteiger partial charge in [-0.3, -0.25) is 14.2 Å². The predicted molar refractivity (Wildman–Crippen MR) is 108 cm³/mol. The standard InChI is InChI=1S/C20H24N6O2/c1-10-15(16(14-7-8-14)23-9-22-10)17(21-4)25-18-11(2)24-19(27)20(28)26(18)12(3)13-5-6-13/h9,12-14H,4-8H2,1-3H3,(H,24,27)/t12-/m0/s1. The van der Waals surface area contributed by atoms with Crippen molar-refractivity contribution >= 4 is 18.4 Å². The number of H-pyrrole nitrogens is 1. The molecule has 0 unspecified atom stereocenters. The minimum Gasteiger partial charge on any atom is -0.318 e. The number of hydrogen-bond donors (Lipinski definition) is 1. The molecule has 0 saturated heterocycles. The van der Waals surface area contributed by atoms with Gasteiger partial charge in [-0.15, -0.1) is 0 Å². The first-order valence-electron chi connectivity index (χ1n) is 9.65. The van der Waals surface area contributed by atoms with E-state index in [1.165, 1.54) is 4.57 Å². The number of nitrogens with one attached hydrogen (secondary N) is 1. The van der Waals surface area contributed by atoms with Crippen molar-refractivity contribution in [1.29, 1.82) is 0 Å². The molecule has 4 rings (SSSR count). The van der Waals surface area contributed by atoms with Crippen molar-refractivity contribution in [3.63, 3.8) is 0 Å². The second-order valence-corrected chi connectivity index (χ2v) is 7.74. The summed E-state index contributed by atoms with van der Waals surface area (Å²) in [6.45, 7) is 9.29. The molecule has 2 aromatic heterocycles. The third-order valence-corrected chi connectivity index (χ3v) is 5.60. The van der Waals surface area contributed by atoms with Gasteiger partial charge in [-0.2, -0.15) is 0 Å². The fourth-order valence-corrected chi connectivity index (χ4v) is 3.68. The number of aryl methyl sites for hydroxylation is 2. The molecule has 8 heteroatoms. The lowest BCUT2D eigenvalue weighted by Crippen LogP contribution is -2.38. The average molecular weight is 380 g/mol. The van der Waals surface area contributed by atoms with E-state index in [1.54, 1.807) is 13.3 Å². The van der Waals surface area contributed by atoms with Crippen LogP contribution in [0, 0.1) is 19.8 Å². The molecule has 2 fully saturated rings. The minimum absolute atomic E-state index is 0.102. The Hall–Kier alpha value is -2.90. The maximum atomic E-state index is 12.7. The van der Waals surface area contributed by atoms with Crippen LogP contribution in [0.3, 0.4) is 0 Å². The molecule has 2 aliphatic rings. The van der Waals surface area contributed by atoms with E-state index < -0.39 is 11.1 Å². The number of aromatic amines is 1. The van der Waals surface area contributed by atoms with Crippen LogP contribution in [-0.4, -0.2) is 32.1 Å². The quantitative estimate of drug-likeness (QED) is 0.489. The van der Waals surface area contributed by atoms with Crippen molar-refractivity contribution in [2.45, 2.75) is 58.4 Å². The Morgan fingerprint density at radius 1 is 1.25 bits per heavy atom. The first-order valence-corrected chi connectivity index (χ1v) is 9.65. The van der Waals surface area contributed by atoms with E-state index in [-0.39, 0.29) is 6.04 Å². The zero-order valence-electron chi connectivity index (χ0n) is 16.4. The van der Waals surface area contributed by atoms with E-state index in [1.807, 2.05) is 13.8 Å². The monoisotopic (exact) mass is 380 g/mol.